The molecule has 0 aliphatic carbocycles. The van der Waals surface area contributed by atoms with Crippen molar-refractivity contribution >= 4 is 23.5 Å². The lowest BCUT2D eigenvalue weighted by Crippen LogP contribution is -2.40. The fraction of sp³-hybridized carbons (Fsp3) is 0.538. The van der Waals surface area contributed by atoms with Gasteiger partial charge in [0.15, 0.2) is 10.8 Å². The highest BCUT2D eigenvalue weighted by atomic mass is 35.5. The van der Waals surface area contributed by atoms with E-state index in [2.05, 4.69) is 20.6 Å². The summed E-state index contributed by atoms with van der Waals surface area (Å²) in [6.45, 7) is 7.61. The summed E-state index contributed by atoms with van der Waals surface area (Å²) in [5.41, 5.74) is -0.467. The maximum absolute atomic E-state index is 11.6. The second-order valence-corrected chi connectivity index (χ2v) is 5.79. The lowest BCUT2D eigenvalue weighted by atomic mass is 10.2. The van der Waals surface area contributed by atoms with Crippen molar-refractivity contribution in [3.05, 3.63) is 17.0 Å². The number of nitrogens with one attached hydrogen (secondary N) is 2. The van der Waals surface area contributed by atoms with Crippen molar-refractivity contribution in [2.24, 2.45) is 0 Å². The van der Waals surface area contributed by atoms with Crippen molar-refractivity contribution in [3.8, 4) is 6.07 Å². The van der Waals surface area contributed by atoms with Gasteiger partial charge in [-0.2, -0.15) is 5.26 Å². The number of halogens is 1. The highest BCUT2D eigenvalue weighted by Crippen LogP contribution is 2.12. The zero-order chi connectivity index (χ0) is 16.0. The van der Waals surface area contributed by atoms with Gasteiger partial charge in [-0.1, -0.05) is 11.6 Å². The molecular weight excluding hydrogens is 294 g/mol. The van der Waals surface area contributed by atoms with E-state index in [4.69, 9.17) is 21.6 Å². The van der Waals surface area contributed by atoms with Crippen LogP contribution in [0.3, 0.4) is 0 Å². The molecule has 0 bridgehead atoms. The van der Waals surface area contributed by atoms with Gasteiger partial charge >= 0.3 is 6.09 Å². The molecule has 8 heteroatoms. The van der Waals surface area contributed by atoms with Crippen molar-refractivity contribution in [1.82, 2.24) is 15.3 Å². The molecule has 1 aromatic heterocycles. The Morgan fingerprint density at radius 2 is 2.24 bits per heavy atom. The summed E-state index contributed by atoms with van der Waals surface area (Å²) >= 11 is 5.78. The first kappa shape index (κ1) is 17.0. The first-order valence-corrected chi connectivity index (χ1v) is 6.75. The van der Waals surface area contributed by atoms with E-state index in [0.717, 1.165) is 0 Å². The van der Waals surface area contributed by atoms with E-state index in [-0.39, 0.29) is 16.9 Å². The number of anilines is 1. The van der Waals surface area contributed by atoms with E-state index in [0.29, 0.717) is 12.4 Å². The summed E-state index contributed by atoms with van der Waals surface area (Å²) in [4.78, 5) is 19.4. The van der Waals surface area contributed by atoms with Crippen LogP contribution < -0.4 is 10.6 Å². The predicted molar refractivity (Wildman–Crippen MR) is 79.1 cm³/mol. The average Bonchev–Trinajstić information content (AvgIpc) is 2.34. The smallest absolute Gasteiger partial charge is 0.407 e. The van der Waals surface area contributed by atoms with Gasteiger partial charge in [-0.3, -0.25) is 0 Å². The van der Waals surface area contributed by atoms with Gasteiger partial charge in [0.1, 0.15) is 17.5 Å². The Hall–Kier alpha value is -2.07. The number of nitrogens with zero attached hydrogens (tertiary/aromatic N) is 3. The third-order valence-corrected chi connectivity index (χ3v) is 2.45. The van der Waals surface area contributed by atoms with E-state index in [9.17, 15) is 4.79 Å². The Balaban J connectivity index is 2.46. The van der Waals surface area contributed by atoms with Gasteiger partial charge in [0, 0.05) is 12.6 Å². The van der Waals surface area contributed by atoms with Crippen LogP contribution in [0.2, 0.25) is 5.15 Å². The van der Waals surface area contributed by atoms with Crippen LogP contribution in [0.15, 0.2) is 6.20 Å². The number of nitriles is 1. The molecule has 0 radical (unpaired) electrons. The molecule has 0 aromatic carbocycles. The number of hydrogen-bond donors (Lipinski definition) is 2. The van der Waals surface area contributed by atoms with Gasteiger partial charge in [-0.15, -0.1) is 0 Å². The Labute approximate surface area is 128 Å². The normalized spacial score (nSPS) is 12.2. The summed E-state index contributed by atoms with van der Waals surface area (Å²) < 4.78 is 5.15. The van der Waals surface area contributed by atoms with Crippen LogP contribution in [0.1, 0.15) is 33.4 Å². The third-order valence-electron chi connectivity index (χ3n) is 2.19. The van der Waals surface area contributed by atoms with E-state index in [1.165, 1.54) is 6.20 Å². The summed E-state index contributed by atoms with van der Waals surface area (Å²) in [5.74, 6) is 0.428. The molecular formula is C13H18ClN5O2. The zero-order valence-electron chi connectivity index (χ0n) is 12.4. The molecule has 2 N–H and O–H groups in total. The largest absolute Gasteiger partial charge is 0.444 e. The van der Waals surface area contributed by atoms with Crippen LogP contribution in [-0.4, -0.2) is 34.2 Å². The molecule has 1 heterocycles. The summed E-state index contributed by atoms with van der Waals surface area (Å²) in [6.07, 6.45) is 0.922. The van der Waals surface area contributed by atoms with Crippen LogP contribution in [0.25, 0.3) is 0 Å². The fourth-order valence-electron chi connectivity index (χ4n) is 1.34. The van der Waals surface area contributed by atoms with E-state index in [1.807, 2.05) is 13.0 Å². The van der Waals surface area contributed by atoms with E-state index in [1.54, 1.807) is 20.8 Å². The lowest BCUT2D eigenvalue weighted by Gasteiger charge is -2.22. The molecule has 1 rings (SSSR count). The monoisotopic (exact) mass is 311 g/mol. The minimum Gasteiger partial charge on any atom is -0.444 e. The quantitative estimate of drug-likeness (QED) is 0.885. The van der Waals surface area contributed by atoms with Gasteiger partial charge in [0.25, 0.3) is 0 Å². The van der Waals surface area contributed by atoms with Crippen LogP contribution in [0, 0.1) is 11.3 Å². The van der Waals surface area contributed by atoms with E-state index >= 15 is 0 Å². The van der Waals surface area contributed by atoms with Crippen LogP contribution in [0.4, 0.5) is 10.6 Å². The minimum absolute atomic E-state index is 0.0373. The molecule has 1 aromatic rings. The minimum atomic E-state index is -0.538. The molecule has 0 saturated carbocycles. The van der Waals surface area contributed by atoms with Crippen molar-refractivity contribution in [2.45, 2.75) is 39.3 Å². The van der Waals surface area contributed by atoms with Gasteiger partial charge in [-0.25, -0.2) is 14.8 Å². The van der Waals surface area contributed by atoms with Crippen LogP contribution in [-0.2, 0) is 4.74 Å². The zero-order valence-corrected chi connectivity index (χ0v) is 13.2. The third kappa shape index (κ3) is 6.27. The maximum Gasteiger partial charge on any atom is 0.407 e. The Bertz CT molecular complexity index is 550. The molecule has 0 aliphatic heterocycles. The lowest BCUT2D eigenvalue weighted by molar-refractivity contribution is 0.0511. The number of carbonyl (C=O) groups excluding carboxylic acids is 1. The number of amides is 1. The van der Waals surface area contributed by atoms with Crippen molar-refractivity contribution in [2.75, 3.05) is 11.9 Å². The highest BCUT2D eigenvalue weighted by molar-refractivity contribution is 6.30. The van der Waals surface area contributed by atoms with Gasteiger partial charge in [0.2, 0.25) is 0 Å². The van der Waals surface area contributed by atoms with Crippen LogP contribution in [0.5, 0.6) is 0 Å². The summed E-state index contributed by atoms with van der Waals surface area (Å²) in [7, 11) is 0. The number of carbonyl (C=O) groups is 1. The number of rotatable bonds is 4. The predicted octanol–water partition coefficient (Wildman–Crippen LogP) is 2.33. The maximum atomic E-state index is 11.6. The second kappa shape index (κ2) is 7.09. The molecule has 0 saturated heterocycles. The molecule has 0 fully saturated rings. The highest BCUT2D eigenvalue weighted by Gasteiger charge is 2.17. The topological polar surface area (TPSA) is 99.9 Å². The molecule has 21 heavy (non-hydrogen) atoms. The van der Waals surface area contributed by atoms with Gasteiger partial charge < -0.3 is 15.4 Å². The Morgan fingerprint density at radius 3 is 2.76 bits per heavy atom. The van der Waals surface area contributed by atoms with Crippen LogP contribution >= 0.6 is 11.6 Å². The molecule has 7 nitrogen and oxygen atoms in total. The number of aromatic nitrogens is 2. The first-order chi connectivity index (χ1) is 9.71. The average molecular weight is 312 g/mol. The first-order valence-electron chi connectivity index (χ1n) is 6.37. The van der Waals surface area contributed by atoms with Gasteiger partial charge in [-0.05, 0) is 27.7 Å². The molecule has 1 amide bonds. The Morgan fingerprint density at radius 1 is 1.57 bits per heavy atom. The summed E-state index contributed by atoms with van der Waals surface area (Å²) in [6, 6.07) is 1.64. The second-order valence-electron chi connectivity index (χ2n) is 5.43. The summed E-state index contributed by atoms with van der Waals surface area (Å²) in [5, 5.41) is 14.4. The van der Waals surface area contributed by atoms with Crippen molar-refractivity contribution < 1.29 is 9.53 Å². The fourth-order valence-corrected chi connectivity index (χ4v) is 1.53. The number of alkyl carbamates (subject to hydrolysis) is 1. The molecule has 0 spiro atoms. The number of hydrogen-bond acceptors (Lipinski definition) is 6. The molecule has 1 unspecified atom stereocenters. The SMILES string of the molecule is CC(CNc1cnc(C#N)c(Cl)n1)NC(=O)OC(C)(C)C. The van der Waals surface area contributed by atoms with E-state index < -0.39 is 11.7 Å². The van der Waals surface area contributed by atoms with Gasteiger partial charge in [0.05, 0.1) is 6.20 Å². The molecule has 1 atom stereocenters. The molecule has 114 valence electrons. The standard InChI is InChI=1S/C13H18ClN5O2/c1-8(18-12(20)21-13(2,3)4)6-17-10-7-16-9(5-15)11(14)19-10/h7-8H,6H2,1-4H3,(H,17,19)(H,18,20). The molecule has 0 aliphatic rings. The van der Waals surface area contributed by atoms with Crippen molar-refractivity contribution in [3.63, 3.8) is 0 Å². The number of ether oxygens (including phenoxy) is 1. The Kier molecular flexibility index (Phi) is 5.73. The van der Waals surface area contributed by atoms with Crippen molar-refractivity contribution in [1.29, 1.82) is 5.26 Å².